The number of hydrogen-bond acceptors (Lipinski definition) is 4. The fourth-order valence-electron chi connectivity index (χ4n) is 2.46. The molecular formula is C12H16N2O4. The molecule has 1 aromatic rings. The Morgan fingerprint density at radius 2 is 2.11 bits per heavy atom. The van der Waals surface area contributed by atoms with E-state index < -0.39 is 11.4 Å². The van der Waals surface area contributed by atoms with Crippen LogP contribution in [0.1, 0.15) is 30.3 Å². The first-order valence-corrected chi connectivity index (χ1v) is 6.17. The summed E-state index contributed by atoms with van der Waals surface area (Å²) < 4.78 is 10.4. The summed E-state index contributed by atoms with van der Waals surface area (Å²) in [4.78, 5) is 18.8. The summed E-state index contributed by atoms with van der Waals surface area (Å²) in [5, 5.41) is 9.30. The van der Waals surface area contributed by atoms with Crippen LogP contribution in [0, 0.1) is 0 Å². The quantitative estimate of drug-likeness (QED) is 0.825. The number of H-pyrrole nitrogens is 1. The predicted molar refractivity (Wildman–Crippen MR) is 61.5 cm³/mol. The molecule has 0 radical (unpaired) electrons. The fourth-order valence-corrected chi connectivity index (χ4v) is 2.46. The number of ether oxygens (including phenoxy) is 2. The van der Waals surface area contributed by atoms with Gasteiger partial charge in [0.25, 0.3) is 0 Å². The van der Waals surface area contributed by atoms with E-state index in [4.69, 9.17) is 9.47 Å². The molecule has 0 atom stereocenters. The van der Waals surface area contributed by atoms with Crippen LogP contribution in [0.2, 0.25) is 0 Å². The number of rotatable bonds is 3. The van der Waals surface area contributed by atoms with Gasteiger partial charge in [0, 0.05) is 31.0 Å². The van der Waals surface area contributed by atoms with Gasteiger partial charge in [-0.15, -0.1) is 0 Å². The Morgan fingerprint density at radius 3 is 2.67 bits per heavy atom. The Kier molecular flexibility index (Phi) is 2.83. The minimum Gasteiger partial charge on any atom is -0.480 e. The molecule has 3 rings (SSSR count). The van der Waals surface area contributed by atoms with Gasteiger partial charge in [-0.2, -0.15) is 0 Å². The molecule has 0 aromatic carbocycles. The Bertz CT molecular complexity index is 447. The van der Waals surface area contributed by atoms with Gasteiger partial charge < -0.3 is 19.6 Å². The third kappa shape index (κ3) is 1.72. The van der Waals surface area contributed by atoms with Crippen LogP contribution in [-0.2, 0) is 19.7 Å². The number of carbonyl (C=O) groups is 1. The van der Waals surface area contributed by atoms with Gasteiger partial charge in [-0.05, 0) is 12.8 Å². The second kappa shape index (κ2) is 4.37. The average Bonchev–Trinajstić information content (AvgIpc) is 2.78. The first kappa shape index (κ1) is 11.7. The smallest absolute Gasteiger partial charge is 0.322 e. The molecule has 2 aliphatic rings. The summed E-state index contributed by atoms with van der Waals surface area (Å²) >= 11 is 0. The van der Waals surface area contributed by atoms with E-state index in [0.717, 1.165) is 31.7 Å². The average molecular weight is 252 g/mol. The van der Waals surface area contributed by atoms with Crippen molar-refractivity contribution in [3.63, 3.8) is 0 Å². The molecule has 2 fully saturated rings. The van der Waals surface area contributed by atoms with Gasteiger partial charge in [-0.3, -0.25) is 4.79 Å². The van der Waals surface area contributed by atoms with Crippen molar-refractivity contribution in [2.24, 2.45) is 0 Å². The number of nitrogens with one attached hydrogen (secondary N) is 1. The summed E-state index contributed by atoms with van der Waals surface area (Å²) in [5.41, 5.74) is 0.0458. The van der Waals surface area contributed by atoms with Gasteiger partial charge >= 0.3 is 5.97 Å². The molecule has 0 spiro atoms. The van der Waals surface area contributed by atoms with Crippen LogP contribution < -0.4 is 0 Å². The lowest BCUT2D eigenvalue weighted by atomic mass is 9.85. The van der Waals surface area contributed by atoms with Gasteiger partial charge in [0.1, 0.15) is 5.82 Å². The molecule has 0 bridgehead atoms. The zero-order valence-electron chi connectivity index (χ0n) is 10.0. The van der Waals surface area contributed by atoms with Gasteiger partial charge in [-0.25, -0.2) is 4.98 Å². The van der Waals surface area contributed by atoms with Crippen LogP contribution in [0.25, 0.3) is 0 Å². The van der Waals surface area contributed by atoms with Crippen LogP contribution in [-0.4, -0.2) is 47.5 Å². The zero-order chi connectivity index (χ0) is 12.6. The van der Waals surface area contributed by atoms with Crippen molar-refractivity contribution in [3.05, 3.63) is 17.7 Å². The number of imidazole rings is 1. The van der Waals surface area contributed by atoms with E-state index in [1.807, 2.05) is 0 Å². The minimum atomic E-state index is -0.969. The Morgan fingerprint density at radius 1 is 1.39 bits per heavy atom. The maximum absolute atomic E-state index is 11.3. The SMILES string of the molecule is O=C(O)C1(c2ncc(C3CCOCC3)[nH]2)COC1. The van der Waals surface area contributed by atoms with Crippen LogP contribution in [0.4, 0.5) is 0 Å². The Hall–Kier alpha value is -1.40. The van der Waals surface area contributed by atoms with E-state index in [0.29, 0.717) is 11.7 Å². The topological polar surface area (TPSA) is 84.4 Å². The van der Waals surface area contributed by atoms with Gasteiger partial charge in [0.15, 0.2) is 5.41 Å². The Balaban J connectivity index is 1.82. The molecule has 0 saturated carbocycles. The van der Waals surface area contributed by atoms with Crippen molar-refractivity contribution in [1.29, 1.82) is 0 Å². The fraction of sp³-hybridized carbons (Fsp3) is 0.667. The summed E-state index contributed by atoms with van der Waals surface area (Å²) in [7, 11) is 0. The van der Waals surface area contributed by atoms with Crippen LogP contribution in [0.3, 0.4) is 0 Å². The van der Waals surface area contributed by atoms with Gasteiger partial charge in [0.2, 0.25) is 0 Å². The molecule has 2 aliphatic heterocycles. The van der Waals surface area contributed by atoms with E-state index in [-0.39, 0.29) is 13.2 Å². The van der Waals surface area contributed by atoms with Crippen molar-refractivity contribution >= 4 is 5.97 Å². The van der Waals surface area contributed by atoms with E-state index in [2.05, 4.69) is 9.97 Å². The molecule has 6 heteroatoms. The van der Waals surface area contributed by atoms with Crippen LogP contribution >= 0.6 is 0 Å². The maximum atomic E-state index is 11.3. The highest BCUT2D eigenvalue weighted by Crippen LogP contribution is 2.33. The van der Waals surface area contributed by atoms with Gasteiger partial charge in [0.05, 0.1) is 13.2 Å². The number of aromatic nitrogens is 2. The van der Waals surface area contributed by atoms with Crippen molar-refractivity contribution in [1.82, 2.24) is 9.97 Å². The number of hydrogen-bond donors (Lipinski definition) is 2. The highest BCUT2D eigenvalue weighted by atomic mass is 16.5. The second-order valence-corrected chi connectivity index (χ2v) is 4.95. The van der Waals surface area contributed by atoms with Crippen molar-refractivity contribution < 1.29 is 19.4 Å². The number of aliphatic carboxylic acids is 1. The van der Waals surface area contributed by atoms with Crippen molar-refractivity contribution in [3.8, 4) is 0 Å². The number of aromatic amines is 1. The van der Waals surface area contributed by atoms with E-state index in [1.54, 1.807) is 6.20 Å². The molecule has 98 valence electrons. The largest absolute Gasteiger partial charge is 0.480 e. The highest BCUT2D eigenvalue weighted by Gasteiger charge is 2.50. The van der Waals surface area contributed by atoms with Crippen molar-refractivity contribution in [2.75, 3.05) is 26.4 Å². The lowest BCUT2D eigenvalue weighted by Crippen LogP contribution is -2.53. The molecular weight excluding hydrogens is 236 g/mol. The summed E-state index contributed by atoms with van der Waals surface area (Å²) in [6, 6.07) is 0. The summed E-state index contributed by atoms with van der Waals surface area (Å²) in [6.07, 6.45) is 3.67. The van der Waals surface area contributed by atoms with Crippen molar-refractivity contribution in [2.45, 2.75) is 24.2 Å². The lowest BCUT2D eigenvalue weighted by molar-refractivity contribution is -0.163. The molecule has 2 N–H and O–H groups in total. The molecule has 0 aliphatic carbocycles. The van der Waals surface area contributed by atoms with E-state index >= 15 is 0 Å². The van der Waals surface area contributed by atoms with E-state index in [1.165, 1.54) is 0 Å². The number of carboxylic acids is 1. The Labute approximate surface area is 104 Å². The second-order valence-electron chi connectivity index (χ2n) is 4.95. The lowest BCUT2D eigenvalue weighted by Gasteiger charge is -2.35. The molecule has 0 unspecified atom stereocenters. The standard InChI is InChI=1S/C12H16N2O4/c15-11(16)12(6-18-7-12)10-13-5-9(14-10)8-1-3-17-4-2-8/h5,8H,1-4,6-7H2,(H,13,14)(H,15,16). The molecule has 3 heterocycles. The third-order valence-corrected chi connectivity index (χ3v) is 3.82. The summed E-state index contributed by atoms with van der Waals surface area (Å²) in [5.74, 6) is 0.0382. The van der Waals surface area contributed by atoms with Crippen LogP contribution in [0.15, 0.2) is 6.20 Å². The minimum absolute atomic E-state index is 0.197. The first-order chi connectivity index (χ1) is 8.72. The highest BCUT2D eigenvalue weighted by molar-refractivity contribution is 5.81. The first-order valence-electron chi connectivity index (χ1n) is 6.17. The maximum Gasteiger partial charge on any atom is 0.322 e. The normalized spacial score (nSPS) is 23.6. The predicted octanol–water partition coefficient (Wildman–Crippen LogP) is 0.656. The molecule has 6 nitrogen and oxygen atoms in total. The summed E-state index contributed by atoms with van der Waals surface area (Å²) in [6.45, 7) is 1.91. The number of nitrogens with zero attached hydrogens (tertiary/aromatic N) is 1. The molecule has 0 amide bonds. The van der Waals surface area contributed by atoms with E-state index in [9.17, 15) is 9.90 Å². The van der Waals surface area contributed by atoms with Gasteiger partial charge in [-0.1, -0.05) is 0 Å². The molecule has 2 saturated heterocycles. The number of carboxylic acid groups (broad SMARTS) is 1. The molecule has 1 aromatic heterocycles. The van der Waals surface area contributed by atoms with Crippen LogP contribution in [0.5, 0.6) is 0 Å². The monoisotopic (exact) mass is 252 g/mol. The zero-order valence-corrected chi connectivity index (χ0v) is 10.0. The molecule has 18 heavy (non-hydrogen) atoms. The third-order valence-electron chi connectivity index (χ3n) is 3.82.